The third kappa shape index (κ3) is 5.05. The second-order valence-electron chi connectivity index (χ2n) is 5.49. The van der Waals surface area contributed by atoms with Crippen LogP contribution < -0.4 is 14.8 Å². The lowest BCUT2D eigenvalue weighted by atomic mass is 10.3. The number of amides is 1. The largest absolute Gasteiger partial charge is 0.446 e. The Hall–Kier alpha value is -3.87. The number of rotatable bonds is 7. The zero-order valence-corrected chi connectivity index (χ0v) is 14.1. The Bertz CT molecular complexity index is 857. The molecule has 7 heteroatoms. The summed E-state index contributed by atoms with van der Waals surface area (Å²) >= 11 is 0. The van der Waals surface area contributed by atoms with Gasteiger partial charge in [-0.2, -0.15) is 0 Å². The summed E-state index contributed by atoms with van der Waals surface area (Å²) in [4.78, 5) is 22.9. The average Bonchev–Trinajstić information content (AvgIpc) is 2.69. The molecule has 1 amide bonds. The summed E-state index contributed by atoms with van der Waals surface area (Å²) in [5.74, 6) is 0.395. The summed E-state index contributed by atoms with van der Waals surface area (Å²) in [7, 11) is 0. The van der Waals surface area contributed by atoms with Crippen LogP contribution in [0.15, 0.2) is 84.9 Å². The quantitative estimate of drug-likeness (QED) is 0.388. The van der Waals surface area contributed by atoms with Gasteiger partial charge in [0.2, 0.25) is 0 Å². The molecule has 0 saturated carbocycles. The molecule has 0 fully saturated rings. The number of para-hydroxylation sites is 2. The van der Waals surface area contributed by atoms with Gasteiger partial charge in [-0.1, -0.05) is 36.4 Å². The SMILES string of the molecule is O=C(Nc1ccc([N+](=O)[O-])cc1)C(Oc1ccccc1)Oc1ccccc1. The molecule has 7 nitrogen and oxygen atoms in total. The first-order chi connectivity index (χ1) is 13.1. The van der Waals surface area contributed by atoms with Crippen LogP contribution in [0.3, 0.4) is 0 Å². The molecule has 27 heavy (non-hydrogen) atoms. The normalized spacial score (nSPS) is 10.3. The highest BCUT2D eigenvalue weighted by molar-refractivity contribution is 5.93. The van der Waals surface area contributed by atoms with E-state index in [9.17, 15) is 14.9 Å². The maximum absolute atomic E-state index is 12.6. The fourth-order valence-electron chi connectivity index (χ4n) is 2.24. The molecule has 0 aromatic heterocycles. The van der Waals surface area contributed by atoms with Crippen molar-refractivity contribution in [3.63, 3.8) is 0 Å². The Labute approximate surface area is 155 Å². The van der Waals surface area contributed by atoms with Gasteiger partial charge in [-0.05, 0) is 36.4 Å². The van der Waals surface area contributed by atoms with Crippen molar-refractivity contribution >= 4 is 17.3 Å². The summed E-state index contributed by atoms with van der Waals surface area (Å²) in [6.45, 7) is 0. The van der Waals surface area contributed by atoms with E-state index in [1.807, 2.05) is 12.1 Å². The first kappa shape index (κ1) is 17.9. The molecule has 0 radical (unpaired) electrons. The highest BCUT2D eigenvalue weighted by Gasteiger charge is 2.23. The first-order valence-electron chi connectivity index (χ1n) is 8.10. The highest BCUT2D eigenvalue weighted by atomic mass is 16.7. The lowest BCUT2D eigenvalue weighted by Crippen LogP contribution is -2.38. The molecule has 3 aromatic carbocycles. The Morgan fingerprint density at radius 3 is 1.74 bits per heavy atom. The standard InChI is InChI=1S/C20H16N2O5/c23-19(21-15-11-13-16(14-12-15)22(24)25)20(26-17-7-3-1-4-8-17)27-18-9-5-2-6-10-18/h1-14,20H,(H,21,23). The van der Waals surface area contributed by atoms with Gasteiger partial charge in [-0.15, -0.1) is 0 Å². The summed E-state index contributed by atoms with van der Waals surface area (Å²) in [6.07, 6.45) is -1.25. The summed E-state index contributed by atoms with van der Waals surface area (Å²) in [5.41, 5.74) is 0.328. The maximum atomic E-state index is 12.6. The van der Waals surface area contributed by atoms with Crippen molar-refractivity contribution in [3.05, 3.63) is 95.0 Å². The van der Waals surface area contributed by atoms with E-state index in [0.29, 0.717) is 17.2 Å². The number of benzene rings is 3. The minimum Gasteiger partial charge on any atom is -0.446 e. The smallest absolute Gasteiger partial charge is 0.321 e. The highest BCUT2D eigenvalue weighted by Crippen LogP contribution is 2.19. The number of nitro benzene ring substituents is 1. The lowest BCUT2D eigenvalue weighted by Gasteiger charge is -2.20. The predicted octanol–water partition coefficient (Wildman–Crippen LogP) is 4.02. The van der Waals surface area contributed by atoms with Crippen molar-refractivity contribution in [2.75, 3.05) is 5.32 Å². The van der Waals surface area contributed by atoms with Gasteiger partial charge in [0.25, 0.3) is 5.69 Å². The first-order valence-corrected chi connectivity index (χ1v) is 8.10. The molecule has 0 bridgehead atoms. The van der Waals surface area contributed by atoms with Crippen molar-refractivity contribution in [3.8, 4) is 11.5 Å². The van der Waals surface area contributed by atoms with Crippen molar-refractivity contribution in [2.45, 2.75) is 6.29 Å². The summed E-state index contributed by atoms with van der Waals surface area (Å²) in [6, 6.07) is 23.1. The minimum absolute atomic E-state index is 0.0642. The van der Waals surface area contributed by atoms with E-state index in [1.165, 1.54) is 24.3 Å². The van der Waals surface area contributed by atoms with Gasteiger partial charge >= 0.3 is 12.2 Å². The second-order valence-corrected chi connectivity index (χ2v) is 5.49. The molecule has 3 aromatic rings. The van der Waals surface area contributed by atoms with E-state index in [1.54, 1.807) is 48.5 Å². The number of ether oxygens (including phenoxy) is 2. The molecular weight excluding hydrogens is 348 g/mol. The molecule has 0 heterocycles. The van der Waals surface area contributed by atoms with Crippen LogP contribution in [0, 0.1) is 10.1 Å². The van der Waals surface area contributed by atoms with Gasteiger partial charge in [0, 0.05) is 17.8 Å². The second kappa shape index (κ2) is 8.48. The van der Waals surface area contributed by atoms with Crippen molar-refractivity contribution in [1.82, 2.24) is 0 Å². The van der Waals surface area contributed by atoms with Crippen LogP contribution >= 0.6 is 0 Å². The average molecular weight is 364 g/mol. The lowest BCUT2D eigenvalue weighted by molar-refractivity contribution is -0.384. The number of carbonyl (C=O) groups is 1. The molecule has 0 atom stereocenters. The maximum Gasteiger partial charge on any atom is 0.321 e. The number of nitrogens with zero attached hydrogens (tertiary/aromatic N) is 1. The van der Waals surface area contributed by atoms with Crippen LogP contribution in [0.2, 0.25) is 0 Å². The number of hydrogen-bond acceptors (Lipinski definition) is 5. The fourth-order valence-corrected chi connectivity index (χ4v) is 2.24. The van der Waals surface area contributed by atoms with Gasteiger partial charge in [0.05, 0.1) is 4.92 Å². The number of hydrogen-bond donors (Lipinski definition) is 1. The van der Waals surface area contributed by atoms with E-state index in [0.717, 1.165) is 0 Å². The Balaban J connectivity index is 1.76. The molecule has 0 unspecified atom stereocenters. The third-order valence-corrected chi connectivity index (χ3v) is 3.53. The Morgan fingerprint density at radius 1 is 0.815 bits per heavy atom. The molecule has 0 saturated heterocycles. The topological polar surface area (TPSA) is 90.7 Å². The van der Waals surface area contributed by atoms with Gasteiger partial charge in [-0.25, -0.2) is 0 Å². The molecule has 3 rings (SSSR count). The molecule has 136 valence electrons. The molecule has 0 aliphatic carbocycles. The minimum atomic E-state index is -1.25. The van der Waals surface area contributed by atoms with Gasteiger partial charge in [-0.3, -0.25) is 14.9 Å². The van der Waals surface area contributed by atoms with E-state index < -0.39 is 17.1 Å². The van der Waals surface area contributed by atoms with Crippen LogP contribution in [0.5, 0.6) is 11.5 Å². The number of anilines is 1. The van der Waals surface area contributed by atoms with Gasteiger partial charge < -0.3 is 14.8 Å². The summed E-state index contributed by atoms with van der Waals surface area (Å²) < 4.78 is 11.3. The van der Waals surface area contributed by atoms with Crippen LogP contribution in [-0.4, -0.2) is 17.1 Å². The van der Waals surface area contributed by atoms with E-state index in [4.69, 9.17) is 9.47 Å². The van der Waals surface area contributed by atoms with Gasteiger partial charge in [0.15, 0.2) is 0 Å². The monoisotopic (exact) mass is 364 g/mol. The summed E-state index contributed by atoms with van der Waals surface area (Å²) in [5, 5.41) is 13.4. The number of nitro groups is 1. The van der Waals surface area contributed by atoms with E-state index in [2.05, 4.69) is 5.32 Å². The molecular formula is C20H16N2O5. The van der Waals surface area contributed by atoms with Crippen molar-refractivity contribution < 1.29 is 19.2 Å². The third-order valence-electron chi connectivity index (χ3n) is 3.53. The zero-order valence-electron chi connectivity index (χ0n) is 14.1. The molecule has 0 spiro atoms. The van der Waals surface area contributed by atoms with E-state index in [-0.39, 0.29) is 5.69 Å². The van der Waals surface area contributed by atoms with Gasteiger partial charge in [0.1, 0.15) is 11.5 Å². The Morgan fingerprint density at radius 2 is 1.30 bits per heavy atom. The van der Waals surface area contributed by atoms with Crippen LogP contribution in [0.25, 0.3) is 0 Å². The van der Waals surface area contributed by atoms with Crippen LogP contribution in [0.1, 0.15) is 0 Å². The van der Waals surface area contributed by atoms with E-state index >= 15 is 0 Å². The number of nitrogens with one attached hydrogen (secondary N) is 1. The zero-order chi connectivity index (χ0) is 19.1. The molecule has 0 aliphatic heterocycles. The number of carbonyl (C=O) groups excluding carboxylic acids is 1. The predicted molar refractivity (Wildman–Crippen MR) is 99.7 cm³/mol. The van der Waals surface area contributed by atoms with Crippen molar-refractivity contribution in [2.24, 2.45) is 0 Å². The van der Waals surface area contributed by atoms with Crippen LogP contribution in [0.4, 0.5) is 11.4 Å². The molecule has 0 aliphatic rings. The fraction of sp³-hybridized carbons (Fsp3) is 0.0500. The number of non-ortho nitro benzene ring substituents is 1. The molecule has 1 N–H and O–H groups in total. The Kier molecular flexibility index (Phi) is 5.64. The van der Waals surface area contributed by atoms with Crippen molar-refractivity contribution in [1.29, 1.82) is 0 Å². The van der Waals surface area contributed by atoms with Crippen LogP contribution in [-0.2, 0) is 4.79 Å².